The molecule has 5 aromatic carbocycles. The molecule has 0 aliphatic carbocycles. The average molecular weight is 1980 g/mol. The molecule has 5 aromatic rings. The van der Waals surface area contributed by atoms with Crippen LogP contribution in [-0.4, -0.2) is 74.1 Å². The number of carbonyl (C=O) groups excluding carboxylic acids is 6. The Morgan fingerprint density at radius 3 is 1.19 bits per heavy atom. The van der Waals surface area contributed by atoms with Gasteiger partial charge in [-0.15, -0.1) is 0 Å². The van der Waals surface area contributed by atoms with Crippen LogP contribution in [-0.2, 0) is 94.1 Å². The lowest BCUT2D eigenvalue weighted by atomic mass is 9.79. The topological polar surface area (TPSA) is 160 Å². The minimum absolute atomic E-state index is 0.110. The van der Waals surface area contributed by atoms with Crippen molar-refractivity contribution < 1.29 is 52.8 Å². The van der Waals surface area contributed by atoms with E-state index in [2.05, 4.69) is 316 Å². The van der Waals surface area contributed by atoms with E-state index in [0.29, 0.717) is 30.1 Å². The van der Waals surface area contributed by atoms with E-state index < -0.39 is 0 Å². The van der Waals surface area contributed by atoms with Crippen LogP contribution in [0, 0.1) is 61.2 Å². The number of unbranched alkanes of at least 4 members (excludes halogenated alkanes) is 2. The molecule has 0 amide bonds. The van der Waals surface area contributed by atoms with Crippen molar-refractivity contribution in [2.45, 2.75) is 447 Å². The van der Waals surface area contributed by atoms with Crippen molar-refractivity contribution in [1.82, 2.24) is 0 Å². The largest absolute Gasteiger partial charge is 0.466 e. The van der Waals surface area contributed by atoms with Gasteiger partial charge in [0.15, 0.2) is 0 Å². The molecule has 1 N–H and O–H groups in total. The van der Waals surface area contributed by atoms with Gasteiger partial charge in [0.1, 0.15) is 24.3 Å². The molecule has 7 rings (SSSR count). The molecule has 2 aliphatic rings. The minimum Gasteiger partial charge on any atom is -0.466 e. The van der Waals surface area contributed by atoms with Gasteiger partial charge in [-0.3, -0.25) is 0 Å². The summed E-state index contributed by atoms with van der Waals surface area (Å²) in [6, 6.07) is 43.3. The molecule has 2 aliphatic heterocycles. The van der Waals surface area contributed by atoms with Gasteiger partial charge in [-0.25, -0.2) is 19.2 Å². The molecule has 4 bridgehead atoms. The smallest absolute Gasteiger partial charge is 0.331 e. The zero-order chi connectivity index (χ0) is 109. The average Bonchev–Trinajstić information content (AvgIpc) is 0.839. The Bertz CT molecular complexity index is 4620. The molecule has 6 atom stereocenters. The van der Waals surface area contributed by atoms with Gasteiger partial charge in [0.2, 0.25) is 0 Å². The Labute approximate surface area is 881 Å². The third kappa shape index (κ3) is 55.6. The summed E-state index contributed by atoms with van der Waals surface area (Å²) in [5.74, 6) is 3.88. The fraction of sp³-hybridized carbons (Fsp3) is 0.594. The number of hydrogen-bond acceptors (Lipinski definition) is 11. The molecule has 0 aromatic heterocycles. The number of rotatable bonds is 41. The first-order chi connectivity index (χ1) is 68.1. The van der Waals surface area contributed by atoms with Crippen molar-refractivity contribution in [2.75, 3.05) is 20.8 Å². The number of ketones is 1. The second kappa shape index (κ2) is 73.1. The van der Waals surface area contributed by atoms with Crippen molar-refractivity contribution >= 4 is 35.9 Å². The fourth-order valence-corrected chi connectivity index (χ4v) is 18.3. The van der Waals surface area contributed by atoms with Gasteiger partial charge in [0, 0.05) is 48.7 Å². The zero-order valence-corrected chi connectivity index (χ0v) is 97.4. The molecule has 0 fully saturated rings. The Kier molecular flexibility index (Phi) is 67.5. The van der Waals surface area contributed by atoms with Crippen LogP contribution >= 0.6 is 0 Å². The number of carbonyl (C=O) groups is 6. The number of allylic oxidation sites excluding steroid dienone is 11. The predicted molar refractivity (Wildman–Crippen MR) is 617 cm³/mol. The molecule has 804 valence electrons. The Morgan fingerprint density at radius 2 is 0.812 bits per heavy atom. The molecular weight excluding hydrogens is 1770 g/mol. The van der Waals surface area contributed by atoms with E-state index >= 15 is 0 Å². The fourth-order valence-electron chi connectivity index (χ4n) is 18.3. The monoisotopic (exact) mass is 1980 g/mol. The zero-order valence-electron chi connectivity index (χ0n) is 97.4. The van der Waals surface area contributed by atoms with E-state index in [-0.39, 0.29) is 81.5 Å². The number of fused-ring (bicyclic) bond motifs is 4. The molecule has 11 heteroatoms. The van der Waals surface area contributed by atoms with Gasteiger partial charge in [0.05, 0.1) is 14.2 Å². The number of aldehydes is 1. The molecular formula is C133H206O11. The predicted octanol–water partition coefficient (Wildman–Crippen LogP) is 35.7. The SMILES string of the molecule is CCC(/C=C(/C)[C@@H](C)CC(C)=O)CC.CCC(/C=C(/C)[C@@H](C)CCCCC(C)(C)c1cccc(C)c1)CC.CCC(/C=C(/C)[C@@H](C)CCCCC(C)(C)c1cccc(CC=CC(=O)OC)c1)CC.CCC(/C=C(/C)[C@@H]1CCCCC(C)(C)c2cccc(c2)CC=CC(=O)O1)CC.CCC=CC(=O)OC.CC[C@H](/C=C(/C)[C@@H]1CCCCC(C)(C)c2cccc(c2)CC=CC(=O)O1)CO.Cc1cccc(C(C)(C)C=O)c1. The lowest BCUT2D eigenvalue weighted by Crippen LogP contribution is -2.21. The van der Waals surface area contributed by atoms with Crippen molar-refractivity contribution in [2.24, 2.45) is 47.3 Å². The number of cyclic esters (lactones) is 2. The second-order valence-corrected chi connectivity index (χ2v) is 44.5. The summed E-state index contributed by atoms with van der Waals surface area (Å²) < 4.78 is 20.6. The summed E-state index contributed by atoms with van der Waals surface area (Å²) in [6.45, 7) is 68.5. The summed E-state index contributed by atoms with van der Waals surface area (Å²) in [5.41, 5.74) is 20.1. The summed E-state index contributed by atoms with van der Waals surface area (Å²) in [4.78, 5) is 67.9. The molecule has 0 radical (unpaired) electrons. The molecule has 0 saturated carbocycles. The van der Waals surface area contributed by atoms with Gasteiger partial charge >= 0.3 is 23.9 Å². The molecule has 0 unspecified atom stereocenters. The molecule has 144 heavy (non-hydrogen) atoms. The quantitative estimate of drug-likeness (QED) is 0.00991. The van der Waals surface area contributed by atoms with E-state index in [9.17, 15) is 33.9 Å². The van der Waals surface area contributed by atoms with Crippen LogP contribution in [0.25, 0.3) is 0 Å². The van der Waals surface area contributed by atoms with Crippen LogP contribution in [0.15, 0.2) is 228 Å². The maximum absolute atomic E-state index is 12.4. The van der Waals surface area contributed by atoms with Crippen LogP contribution in [0.1, 0.15) is 430 Å². The number of methoxy groups -OCH3 is 2. The third-order valence-corrected chi connectivity index (χ3v) is 30.0. The number of aliphatic hydroxyl groups is 1. The van der Waals surface area contributed by atoms with E-state index in [0.717, 1.165) is 131 Å². The number of ether oxygens (including phenoxy) is 4. The van der Waals surface area contributed by atoms with Crippen LogP contribution in [0.2, 0.25) is 0 Å². The number of hydrogen-bond donors (Lipinski definition) is 1. The van der Waals surface area contributed by atoms with E-state index in [1.165, 1.54) is 177 Å². The van der Waals surface area contributed by atoms with Gasteiger partial charge < -0.3 is 33.6 Å². The van der Waals surface area contributed by atoms with Crippen molar-refractivity contribution in [3.05, 3.63) is 284 Å². The lowest BCUT2D eigenvalue weighted by molar-refractivity contribution is -0.142. The Hall–Kier alpha value is -9.06. The summed E-state index contributed by atoms with van der Waals surface area (Å²) in [7, 11) is 2.77. The Morgan fingerprint density at radius 1 is 0.451 bits per heavy atom. The highest BCUT2D eigenvalue weighted by atomic mass is 16.5. The molecule has 0 saturated heterocycles. The number of aryl methyl sites for hydroxylation is 2. The van der Waals surface area contributed by atoms with Crippen LogP contribution < -0.4 is 0 Å². The van der Waals surface area contributed by atoms with Crippen LogP contribution in [0.4, 0.5) is 0 Å². The summed E-state index contributed by atoms with van der Waals surface area (Å²) >= 11 is 0. The van der Waals surface area contributed by atoms with E-state index in [4.69, 9.17) is 9.47 Å². The van der Waals surface area contributed by atoms with Crippen molar-refractivity contribution in [1.29, 1.82) is 0 Å². The second-order valence-electron chi connectivity index (χ2n) is 44.5. The van der Waals surface area contributed by atoms with Gasteiger partial charge in [0.25, 0.3) is 0 Å². The normalized spacial score (nSPS) is 16.6. The summed E-state index contributed by atoms with van der Waals surface area (Å²) in [5, 5.41) is 9.49. The summed E-state index contributed by atoms with van der Waals surface area (Å²) in [6.07, 6.45) is 58.8. The van der Waals surface area contributed by atoms with Crippen LogP contribution in [0.5, 0.6) is 0 Å². The lowest BCUT2D eigenvalue weighted by Gasteiger charge is -2.27. The number of aliphatic hydroxyl groups excluding tert-OH is 1. The third-order valence-electron chi connectivity index (χ3n) is 30.0. The number of benzene rings is 5. The first kappa shape index (κ1) is 133. The Balaban J connectivity index is 0.000000868. The van der Waals surface area contributed by atoms with E-state index in [1.807, 2.05) is 71.0 Å². The van der Waals surface area contributed by atoms with Crippen LogP contribution in [0.3, 0.4) is 0 Å². The first-order valence-electron chi connectivity index (χ1n) is 55.8. The van der Waals surface area contributed by atoms with Crippen molar-refractivity contribution in [3.63, 3.8) is 0 Å². The molecule has 0 spiro atoms. The van der Waals surface area contributed by atoms with Gasteiger partial charge in [-0.2, -0.15) is 0 Å². The maximum Gasteiger partial charge on any atom is 0.331 e. The van der Waals surface area contributed by atoms with Crippen molar-refractivity contribution in [3.8, 4) is 0 Å². The standard InChI is InChI=1S/C28H44O2.C26H38O2.C25H36O3.C24H40.C13H24O.C11H14O.C6H10O2/c1-8-24(9-2)20-23(4)22(3)14-10-11-19-28(5,6)26-17-12-15-25(21-26)16-13-18-27(29)30-7;1-6-21(7-2)18-20(3)24-15-8-9-17-26(4,5)23-14-10-12-22(19-23)13-11-16-25(27)28-24;1-5-20(18-26)16-19(2)23-13-6-7-15-25(3,4)22-12-8-10-21(17-22)11-9-14-24(27)28-23;1-8-22(9-2)18-21(5)20(4)14-10-11-16-24(6,7)23-15-12-13-19(3)17-23;1-6-13(7-2)9-11(4)10(3)8-12(5)14;1-9-5-4-6-10(7-9)11(2,3)8-12;1-3-4-5-6(7)8-2/h12-13,15,17-18,20-22,24H,8-11,14,16,19H2,1-7H3;10-12,14,16,18-19,21,24H,6-9,13,15,17H2,1-5H3;8-10,12,14,16-17,20,23,26H,5-7,11,13,15,18H2,1-4H3;12-13,15,17-18,20,22H,8-11,14,16H2,1-7H3;9-10,13H,6-8H2,1-5H3;4-8H,1-3H3;4-5H,3H2,1-2H3/b18-13?,23-20-;16-11?,20-18-;14-9?,19-16-;21-18-;11-9-;;/t22-;24-;20-,23+;20-;10-;;/m00100../s1. The van der Waals surface area contributed by atoms with E-state index in [1.54, 1.807) is 36.3 Å². The van der Waals surface area contributed by atoms with Gasteiger partial charge in [-0.05, 0) is 336 Å². The molecule has 2 heterocycles. The highest BCUT2D eigenvalue weighted by molar-refractivity contribution is 5.83. The highest BCUT2D eigenvalue weighted by Gasteiger charge is 2.28. The maximum atomic E-state index is 12.4. The number of Topliss-reactive ketones (excluding diaryl/α,β-unsaturated/α-hetero) is 1. The first-order valence-corrected chi connectivity index (χ1v) is 55.8. The highest BCUT2D eigenvalue weighted by Crippen LogP contribution is 2.37. The minimum atomic E-state index is -0.355. The van der Waals surface area contributed by atoms with Gasteiger partial charge in [-0.1, -0.05) is 388 Å². The molecule has 11 nitrogen and oxygen atoms in total. The number of esters is 4.